The monoisotopic (exact) mass is 305 g/mol. The van der Waals surface area contributed by atoms with Gasteiger partial charge in [0.15, 0.2) is 11.5 Å². The first-order chi connectivity index (χ1) is 10.2. The van der Waals surface area contributed by atoms with Crippen LogP contribution in [0.4, 0.5) is 0 Å². The molecule has 4 heteroatoms. The molecule has 21 heavy (non-hydrogen) atoms. The summed E-state index contributed by atoms with van der Waals surface area (Å²) >= 11 is 1.77. The van der Waals surface area contributed by atoms with Gasteiger partial charge in [-0.15, -0.1) is 11.3 Å². The molecule has 0 fully saturated rings. The minimum absolute atomic E-state index is 0.120. The Morgan fingerprint density at radius 1 is 1.00 bits per heavy atom. The summed E-state index contributed by atoms with van der Waals surface area (Å²) in [6.45, 7) is 7.32. The van der Waals surface area contributed by atoms with Crippen LogP contribution in [0.5, 0.6) is 11.5 Å². The third-order valence-electron chi connectivity index (χ3n) is 3.26. The van der Waals surface area contributed by atoms with Crippen LogP contribution >= 0.6 is 11.3 Å². The quantitative estimate of drug-likeness (QED) is 0.835. The lowest BCUT2D eigenvalue weighted by atomic mass is 10.1. The van der Waals surface area contributed by atoms with E-state index in [1.807, 2.05) is 32.0 Å². The summed E-state index contributed by atoms with van der Waals surface area (Å²) in [7, 11) is 0. The van der Waals surface area contributed by atoms with Crippen LogP contribution in [-0.2, 0) is 6.42 Å². The van der Waals surface area contributed by atoms with E-state index in [1.165, 1.54) is 9.75 Å². The van der Waals surface area contributed by atoms with Gasteiger partial charge in [-0.25, -0.2) is 0 Å². The van der Waals surface area contributed by atoms with Gasteiger partial charge < -0.3 is 15.2 Å². The summed E-state index contributed by atoms with van der Waals surface area (Å²) in [4.78, 5) is 2.54. The molecule has 1 heterocycles. The van der Waals surface area contributed by atoms with Crippen molar-refractivity contribution in [2.75, 3.05) is 13.2 Å². The van der Waals surface area contributed by atoms with Gasteiger partial charge in [-0.3, -0.25) is 0 Å². The smallest absolute Gasteiger partial charge is 0.161 e. The van der Waals surface area contributed by atoms with E-state index < -0.39 is 0 Å². The van der Waals surface area contributed by atoms with Crippen LogP contribution in [0.1, 0.15) is 42.1 Å². The van der Waals surface area contributed by atoms with Crippen molar-refractivity contribution in [2.24, 2.45) is 5.73 Å². The highest BCUT2D eigenvalue weighted by molar-refractivity contribution is 7.12. The first-order valence-electron chi connectivity index (χ1n) is 7.43. The van der Waals surface area contributed by atoms with E-state index in [4.69, 9.17) is 15.2 Å². The lowest BCUT2D eigenvalue weighted by molar-refractivity contribution is 0.287. The SMILES string of the molecule is CCOc1ccc(C(N)c2ccc(CC)s2)cc1OCC. The van der Waals surface area contributed by atoms with Crippen molar-refractivity contribution >= 4 is 11.3 Å². The van der Waals surface area contributed by atoms with Crippen molar-refractivity contribution < 1.29 is 9.47 Å². The standard InChI is InChI=1S/C17H23NO2S/c1-4-13-8-10-16(21-13)17(18)12-7-9-14(19-5-2)15(11-12)20-6-3/h7-11,17H,4-6,18H2,1-3H3. The average molecular weight is 305 g/mol. The van der Waals surface area contributed by atoms with E-state index in [0.29, 0.717) is 13.2 Å². The van der Waals surface area contributed by atoms with Gasteiger partial charge in [-0.1, -0.05) is 13.0 Å². The summed E-state index contributed by atoms with van der Waals surface area (Å²) in [5.74, 6) is 1.54. The third-order valence-corrected chi connectivity index (χ3v) is 4.58. The number of aryl methyl sites for hydroxylation is 1. The Morgan fingerprint density at radius 2 is 1.71 bits per heavy atom. The zero-order valence-electron chi connectivity index (χ0n) is 12.9. The summed E-state index contributed by atoms with van der Waals surface area (Å²) in [6.07, 6.45) is 1.05. The van der Waals surface area contributed by atoms with Gasteiger partial charge in [0.1, 0.15) is 0 Å². The number of hydrogen-bond donors (Lipinski definition) is 1. The summed E-state index contributed by atoms with van der Waals surface area (Å²) in [5.41, 5.74) is 7.44. The number of nitrogens with two attached hydrogens (primary N) is 1. The van der Waals surface area contributed by atoms with Gasteiger partial charge in [-0.2, -0.15) is 0 Å². The van der Waals surface area contributed by atoms with Crippen LogP contribution in [0.2, 0.25) is 0 Å². The highest BCUT2D eigenvalue weighted by atomic mass is 32.1. The van der Waals surface area contributed by atoms with Gasteiger partial charge in [0.25, 0.3) is 0 Å². The van der Waals surface area contributed by atoms with E-state index >= 15 is 0 Å². The van der Waals surface area contributed by atoms with Gasteiger partial charge in [0.05, 0.1) is 19.3 Å². The summed E-state index contributed by atoms with van der Waals surface area (Å²) in [6, 6.07) is 10.1. The molecule has 0 radical (unpaired) electrons. The third kappa shape index (κ3) is 3.77. The molecule has 2 rings (SSSR count). The molecule has 1 aromatic heterocycles. The predicted molar refractivity (Wildman–Crippen MR) is 88.5 cm³/mol. The second-order valence-corrected chi connectivity index (χ2v) is 5.91. The Morgan fingerprint density at radius 3 is 2.33 bits per heavy atom. The van der Waals surface area contributed by atoms with E-state index in [-0.39, 0.29) is 6.04 Å². The van der Waals surface area contributed by atoms with Crippen molar-refractivity contribution in [3.05, 3.63) is 45.6 Å². The molecular formula is C17H23NO2S. The molecule has 0 saturated heterocycles. The molecule has 1 aromatic carbocycles. The van der Waals surface area contributed by atoms with Crippen molar-refractivity contribution in [3.63, 3.8) is 0 Å². The number of rotatable bonds is 7. The zero-order valence-corrected chi connectivity index (χ0v) is 13.7. The largest absolute Gasteiger partial charge is 0.490 e. The van der Waals surface area contributed by atoms with Crippen molar-refractivity contribution in [1.82, 2.24) is 0 Å². The van der Waals surface area contributed by atoms with Crippen LogP contribution in [0.3, 0.4) is 0 Å². The first kappa shape index (κ1) is 15.9. The molecule has 0 spiro atoms. The Labute approximate surface area is 130 Å². The second kappa shape index (κ2) is 7.48. The minimum Gasteiger partial charge on any atom is -0.490 e. The molecule has 0 bridgehead atoms. The molecule has 1 atom stereocenters. The fourth-order valence-electron chi connectivity index (χ4n) is 2.18. The molecule has 0 aliphatic carbocycles. The van der Waals surface area contributed by atoms with E-state index in [0.717, 1.165) is 23.5 Å². The maximum atomic E-state index is 6.39. The fourth-order valence-corrected chi connectivity index (χ4v) is 3.16. The molecule has 2 N–H and O–H groups in total. The molecule has 0 amide bonds. The van der Waals surface area contributed by atoms with Crippen LogP contribution in [0.25, 0.3) is 0 Å². The molecule has 2 aromatic rings. The van der Waals surface area contributed by atoms with Crippen molar-refractivity contribution in [2.45, 2.75) is 33.2 Å². The number of ether oxygens (including phenoxy) is 2. The number of benzene rings is 1. The summed E-state index contributed by atoms with van der Waals surface area (Å²) in [5, 5.41) is 0. The van der Waals surface area contributed by atoms with E-state index in [1.54, 1.807) is 11.3 Å². The van der Waals surface area contributed by atoms with Crippen LogP contribution in [0, 0.1) is 0 Å². The molecular weight excluding hydrogens is 282 g/mol. The van der Waals surface area contributed by atoms with Crippen molar-refractivity contribution in [1.29, 1.82) is 0 Å². The van der Waals surface area contributed by atoms with Crippen LogP contribution in [0.15, 0.2) is 30.3 Å². The van der Waals surface area contributed by atoms with Crippen LogP contribution < -0.4 is 15.2 Å². The zero-order chi connectivity index (χ0) is 15.2. The maximum absolute atomic E-state index is 6.39. The molecule has 1 unspecified atom stereocenters. The van der Waals surface area contributed by atoms with Gasteiger partial charge >= 0.3 is 0 Å². The second-order valence-electron chi connectivity index (χ2n) is 4.71. The fraction of sp³-hybridized carbons (Fsp3) is 0.412. The summed E-state index contributed by atoms with van der Waals surface area (Å²) < 4.78 is 11.3. The Kier molecular flexibility index (Phi) is 5.65. The molecule has 0 aliphatic rings. The normalized spacial score (nSPS) is 12.2. The van der Waals surface area contributed by atoms with E-state index in [2.05, 4.69) is 19.1 Å². The molecule has 3 nitrogen and oxygen atoms in total. The highest BCUT2D eigenvalue weighted by Gasteiger charge is 2.14. The van der Waals surface area contributed by atoms with Gasteiger partial charge in [-0.05, 0) is 50.1 Å². The lowest BCUT2D eigenvalue weighted by Crippen LogP contribution is -2.10. The molecule has 0 aliphatic heterocycles. The molecule has 0 saturated carbocycles. The topological polar surface area (TPSA) is 44.5 Å². The van der Waals surface area contributed by atoms with Crippen LogP contribution in [-0.4, -0.2) is 13.2 Å². The maximum Gasteiger partial charge on any atom is 0.161 e. The molecule has 114 valence electrons. The average Bonchev–Trinajstić information content (AvgIpc) is 2.98. The predicted octanol–water partition coefficient (Wildman–Crippen LogP) is 4.16. The number of hydrogen-bond acceptors (Lipinski definition) is 4. The number of thiophene rings is 1. The first-order valence-corrected chi connectivity index (χ1v) is 8.24. The Bertz CT molecular complexity index is 580. The van der Waals surface area contributed by atoms with Gasteiger partial charge in [0.2, 0.25) is 0 Å². The van der Waals surface area contributed by atoms with E-state index in [9.17, 15) is 0 Å². The highest BCUT2D eigenvalue weighted by Crippen LogP contribution is 2.33. The van der Waals surface area contributed by atoms with Gasteiger partial charge in [0, 0.05) is 9.75 Å². The minimum atomic E-state index is -0.120. The Balaban J connectivity index is 2.27. The Hall–Kier alpha value is -1.52. The lowest BCUT2D eigenvalue weighted by Gasteiger charge is -2.15. The van der Waals surface area contributed by atoms with Crippen molar-refractivity contribution in [3.8, 4) is 11.5 Å².